The number of hydrogen-bond acceptors (Lipinski definition) is 8. The number of aliphatic hydroxyl groups excluding tert-OH is 1. The third-order valence-corrected chi connectivity index (χ3v) is 6.49. The van der Waals surface area contributed by atoms with Crippen LogP contribution in [0.5, 0.6) is 11.5 Å². The number of methoxy groups -OCH3 is 2. The van der Waals surface area contributed by atoms with Gasteiger partial charge in [-0.1, -0.05) is 0 Å². The Labute approximate surface area is 214 Å². The molecule has 0 saturated heterocycles. The molecule has 4 rings (SSSR count). The Kier molecular flexibility index (Phi) is 8.57. The molecule has 1 fully saturated rings. The van der Waals surface area contributed by atoms with Crippen molar-refractivity contribution in [3.8, 4) is 22.8 Å². The van der Waals surface area contributed by atoms with Crippen molar-refractivity contribution < 1.29 is 28.9 Å². The average molecular weight is 512 g/mol. The fraction of sp³-hybridized carbons (Fsp3) is 0.462. The summed E-state index contributed by atoms with van der Waals surface area (Å²) in [7, 11) is 3.20. The van der Waals surface area contributed by atoms with Crippen LogP contribution in [-0.4, -0.2) is 77.5 Å². The first-order chi connectivity index (χ1) is 17.9. The fourth-order valence-corrected chi connectivity index (χ4v) is 4.46. The molecule has 2 amide bonds. The number of nitrogens with one attached hydrogen (secondary N) is 3. The van der Waals surface area contributed by atoms with E-state index in [4.69, 9.17) is 14.2 Å². The molecule has 198 valence electrons. The molecule has 11 nitrogen and oxygen atoms in total. The monoisotopic (exact) mass is 511 g/mol. The quantitative estimate of drug-likeness (QED) is 0.303. The molecular formula is C26H33N5O6. The van der Waals surface area contributed by atoms with Crippen molar-refractivity contribution in [1.29, 1.82) is 0 Å². The molecule has 2 heterocycles. The number of carbonyl (C=O) groups excluding carboxylic acids is 2. The molecule has 1 aromatic carbocycles. The molecule has 0 bridgehead atoms. The number of nitrogens with zero attached hydrogens (tertiary/aromatic N) is 2. The van der Waals surface area contributed by atoms with Gasteiger partial charge in [-0.15, -0.1) is 0 Å². The van der Waals surface area contributed by atoms with Crippen LogP contribution in [-0.2, 0) is 9.53 Å². The second kappa shape index (κ2) is 12.0. The maximum atomic E-state index is 13.2. The second-order valence-electron chi connectivity index (χ2n) is 9.06. The van der Waals surface area contributed by atoms with Crippen molar-refractivity contribution >= 4 is 22.8 Å². The lowest BCUT2D eigenvalue weighted by atomic mass is 9.91. The van der Waals surface area contributed by atoms with E-state index < -0.39 is 6.10 Å². The zero-order chi connectivity index (χ0) is 26.4. The minimum atomic E-state index is -1.03. The summed E-state index contributed by atoms with van der Waals surface area (Å²) < 4.78 is 16.4. The number of H-pyrrole nitrogens is 1. The number of aliphatic hydroxyl groups is 1. The Morgan fingerprint density at radius 2 is 1.84 bits per heavy atom. The van der Waals surface area contributed by atoms with Crippen LogP contribution in [0.2, 0.25) is 0 Å². The molecule has 2 aromatic heterocycles. The fourth-order valence-electron chi connectivity index (χ4n) is 4.46. The zero-order valence-electron chi connectivity index (χ0n) is 21.2. The Hall–Kier alpha value is -3.70. The van der Waals surface area contributed by atoms with Crippen LogP contribution in [0.3, 0.4) is 0 Å². The molecule has 0 aliphatic heterocycles. The predicted molar refractivity (Wildman–Crippen MR) is 137 cm³/mol. The summed E-state index contributed by atoms with van der Waals surface area (Å²) in [5.74, 6) is 0.633. The van der Waals surface area contributed by atoms with Gasteiger partial charge in [0.15, 0.2) is 0 Å². The molecule has 1 aliphatic rings. The van der Waals surface area contributed by atoms with E-state index >= 15 is 0 Å². The molecular weight excluding hydrogens is 478 g/mol. The zero-order valence-corrected chi connectivity index (χ0v) is 21.2. The molecule has 4 N–H and O–H groups in total. The maximum absolute atomic E-state index is 13.2. The minimum Gasteiger partial charge on any atom is -0.497 e. The molecule has 1 saturated carbocycles. The molecule has 0 spiro atoms. The van der Waals surface area contributed by atoms with Crippen LogP contribution in [0.25, 0.3) is 22.3 Å². The van der Waals surface area contributed by atoms with E-state index in [-0.39, 0.29) is 23.9 Å². The highest BCUT2D eigenvalue weighted by Gasteiger charge is 2.26. The van der Waals surface area contributed by atoms with Crippen LogP contribution in [0.4, 0.5) is 0 Å². The number of carbonyl (C=O) groups is 2. The van der Waals surface area contributed by atoms with Gasteiger partial charge in [-0.3, -0.25) is 9.59 Å². The number of rotatable bonds is 10. The summed E-state index contributed by atoms with van der Waals surface area (Å²) in [6.07, 6.45) is 4.96. The number of fused-ring (bicyclic) bond motifs is 1. The summed E-state index contributed by atoms with van der Waals surface area (Å²) in [5.41, 5.74) is 2.90. The molecule has 1 atom stereocenters. The lowest BCUT2D eigenvalue weighted by Crippen LogP contribution is -2.45. The van der Waals surface area contributed by atoms with Gasteiger partial charge in [-0.05, 0) is 44.7 Å². The third-order valence-electron chi connectivity index (χ3n) is 6.49. The summed E-state index contributed by atoms with van der Waals surface area (Å²) >= 11 is 0. The first-order valence-electron chi connectivity index (χ1n) is 12.3. The van der Waals surface area contributed by atoms with E-state index in [1.54, 1.807) is 26.5 Å². The number of aromatic amines is 1. The van der Waals surface area contributed by atoms with E-state index in [1.807, 2.05) is 12.1 Å². The molecule has 37 heavy (non-hydrogen) atoms. The van der Waals surface area contributed by atoms with Crippen LogP contribution < -0.4 is 20.1 Å². The van der Waals surface area contributed by atoms with Crippen molar-refractivity contribution in [1.82, 2.24) is 25.6 Å². The first kappa shape index (κ1) is 26.4. The lowest BCUT2D eigenvalue weighted by molar-refractivity contribution is -0.129. The van der Waals surface area contributed by atoms with Gasteiger partial charge in [0.05, 0.1) is 24.8 Å². The highest BCUT2D eigenvalue weighted by molar-refractivity contribution is 6.08. The lowest BCUT2D eigenvalue weighted by Gasteiger charge is -2.29. The van der Waals surface area contributed by atoms with Gasteiger partial charge in [0.1, 0.15) is 41.7 Å². The van der Waals surface area contributed by atoms with Gasteiger partial charge in [0, 0.05) is 37.0 Å². The van der Waals surface area contributed by atoms with Crippen molar-refractivity contribution in [3.63, 3.8) is 0 Å². The number of ether oxygens (including phenoxy) is 3. The van der Waals surface area contributed by atoms with Crippen molar-refractivity contribution in [2.75, 3.05) is 27.4 Å². The van der Waals surface area contributed by atoms with Crippen LogP contribution in [0, 0.1) is 0 Å². The second-order valence-corrected chi connectivity index (χ2v) is 9.06. The van der Waals surface area contributed by atoms with Gasteiger partial charge in [-0.2, -0.15) is 0 Å². The molecule has 1 aliphatic carbocycles. The summed E-state index contributed by atoms with van der Waals surface area (Å²) in [4.78, 5) is 36.9. The molecule has 11 heteroatoms. The van der Waals surface area contributed by atoms with Gasteiger partial charge in [-0.25, -0.2) is 9.97 Å². The Bertz CT molecular complexity index is 1240. The third kappa shape index (κ3) is 6.17. The maximum Gasteiger partial charge on any atom is 0.255 e. The molecule has 0 radical (unpaired) electrons. The predicted octanol–water partition coefficient (Wildman–Crippen LogP) is 2.20. The van der Waals surface area contributed by atoms with E-state index in [1.165, 1.54) is 13.3 Å². The summed E-state index contributed by atoms with van der Waals surface area (Å²) in [5, 5.41) is 15.3. The van der Waals surface area contributed by atoms with E-state index in [9.17, 15) is 14.7 Å². The number of hydrogen-bond donors (Lipinski definition) is 4. The van der Waals surface area contributed by atoms with E-state index in [0.717, 1.165) is 31.2 Å². The largest absolute Gasteiger partial charge is 0.497 e. The molecule has 0 unspecified atom stereocenters. The van der Waals surface area contributed by atoms with E-state index in [0.29, 0.717) is 47.0 Å². The van der Waals surface area contributed by atoms with Crippen molar-refractivity contribution in [3.05, 3.63) is 36.3 Å². The van der Waals surface area contributed by atoms with Crippen LogP contribution >= 0.6 is 0 Å². The Morgan fingerprint density at radius 1 is 1.11 bits per heavy atom. The first-order valence-corrected chi connectivity index (χ1v) is 12.3. The highest BCUT2D eigenvalue weighted by Crippen LogP contribution is 2.36. The smallest absolute Gasteiger partial charge is 0.255 e. The average Bonchev–Trinajstić information content (AvgIpc) is 3.34. The van der Waals surface area contributed by atoms with Gasteiger partial charge in [0.2, 0.25) is 5.91 Å². The Morgan fingerprint density at radius 3 is 2.51 bits per heavy atom. The minimum absolute atomic E-state index is 0.00319. The van der Waals surface area contributed by atoms with Crippen molar-refractivity contribution in [2.45, 2.75) is 50.8 Å². The van der Waals surface area contributed by atoms with Gasteiger partial charge >= 0.3 is 0 Å². The number of amides is 2. The van der Waals surface area contributed by atoms with Crippen LogP contribution in [0.15, 0.2) is 30.7 Å². The van der Waals surface area contributed by atoms with Gasteiger partial charge in [0.25, 0.3) is 5.91 Å². The van der Waals surface area contributed by atoms with E-state index in [2.05, 4.69) is 25.6 Å². The highest BCUT2D eigenvalue weighted by atomic mass is 16.5. The number of aromatic nitrogens is 3. The Balaban J connectivity index is 1.50. The van der Waals surface area contributed by atoms with Crippen molar-refractivity contribution in [2.24, 2.45) is 0 Å². The number of benzene rings is 1. The normalized spacial score (nSPS) is 18.3. The van der Waals surface area contributed by atoms with Crippen LogP contribution in [0.1, 0.15) is 43.0 Å². The SMILES string of the molecule is COCCOc1cc(OC)ccc1-c1ncnc2c(C(=O)NC3CCC(NC(=O)[C@H](C)O)CC3)c[nH]c12. The topological polar surface area (TPSA) is 148 Å². The standard InChI is InChI=1S/C26H33N5O6/c1-15(32)25(33)30-16-4-6-17(7-5-16)31-26(34)20-13-27-24-22(28-14-29-23(20)24)19-9-8-18(36-3)12-21(19)37-11-10-35-2/h8-9,12-17,27,32H,4-7,10-11H2,1-3H3,(H,30,33)(H,31,34)/t15-,16?,17?/m0/s1. The summed E-state index contributed by atoms with van der Waals surface area (Å²) in [6, 6.07) is 5.46. The van der Waals surface area contributed by atoms with Gasteiger partial charge < -0.3 is 34.9 Å². The molecule has 3 aromatic rings. The summed E-state index contributed by atoms with van der Waals surface area (Å²) in [6.45, 7) is 2.23.